The van der Waals surface area contributed by atoms with Crippen LogP contribution >= 0.6 is 27.5 Å². The highest BCUT2D eigenvalue weighted by atomic mass is 79.9. The van der Waals surface area contributed by atoms with E-state index >= 15 is 0 Å². The summed E-state index contributed by atoms with van der Waals surface area (Å²) in [5, 5.41) is 3.61. The minimum absolute atomic E-state index is 0.155. The third kappa shape index (κ3) is 3.42. The molecule has 0 radical (unpaired) electrons. The van der Waals surface area contributed by atoms with Gasteiger partial charge in [-0.3, -0.25) is 0 Å². The quantitative estimate of drug-likeness (QED) is 0.866. The molecule has 1 aromatic carbocycles. The predicted octanol–water partition coefficient (Wildman–Crippen LogP) is 3.42. The molecular formula is C12H9BrClN3O2. The van der Waals surface area contributed by atoms with E-state index in [0.717, 1.165) is 10.2 Å². The van der Waals surface area contributed by atoms with E-state index in [2.05, 4.69) is 36.0 Å². The van der Waals surface area contributed by atoms with Gasteiger partial charge in [-0.15, -0.1) is 0 Å². The first-order chi connectivity index (χ1) is 9.10. The average Bonchev–Trinajstić information content (AvgIpc) is 2.43. The van der Waals surface area contributed by atoms with Gasteiger partial charge in [-0.1, -0.05) is 11.6 Å². The second-order valence-electron chi connectivity index (χ2n) is 3.53. The molecule has 0 atom stereocenters. The lowest BCUT2D eigenvalue weighted by Crippen LogP contribution is -2.05. The van der Waals surface area contributed by atoms with E-state index in [0.29, 0.717) is 10.8 Å². The highest BCUT2D eigenvalue weighted by Crippen LogP contribution is 2.26. The first kappa shape index (κ1) is 13.8. The molecule has 0 saturated heterocycles. The van der Waals surface area contributed by atoms with E-state index in [1.165, 1.54) is 19.5 Å². The van der Waals surface area contributed by atoms with Gasteiger partial charge in [0.1, 0.15) is 5.82 Å². The molecule has 1 N–H and O–H groups in total. The smallest absolute Gasteiger partial charge is 0.358 e. The van der Waals surface area contributed by atoms with Gasteiger partial charge < -0.3 is 10.1 Å². The zero-order valence-corrected chi connectivity index (χ0v) is 12.2. The van der Waals surface area contributed by atoms with Crippen LogP contribution < -0.4 is 5.32 Å². The molecule has 0 fully saturated rings. The van der Waals surface area contributed by atoms with Gasteiger partial charge in [0.05, 0.1) is 24.5 Å². The zero-order valence-electron chi connectivity index (χ0n) is 9.85. The van der Waals surface area contributed by atoms with Crippen LogP contribution in [-0.2, 0) is 4.74 Å². The van der Waals surface area contributed by atoms with Crippen molar-refractivity contribution in [1.82, 2.24) is 9.97 Å². The van der Waals surface area contributed by atoms with E-state index in [1.54, 1.807) is 6.07 Å². The van der Waals surface area contributed by atoms with Crippen molar-refractivity contribution in [1.29, 1.82) is 0 Å². The Morgan fingerprint density at radius 2 is 2.16 bits per heavy atom. The van der Waals surface area contributed by atoms with Crippen LogP contribution in [0.15, 0.2) is 35.1 Å². The van der Waals surface area contributed by atoms with Crippen molar-refractivity contribution in [2.45, 2.75) is 0 Å². The number of carbonyl (C=O) groups excluding carboxylic acids is 1. The molecule has 2 aromatic rings. The monoisotopic (exact) mass is 341 g/mol. The number of hydrogen-bond acceptors (Lipinski definition) is 5. The molecule has 1 heterocycles. The van der Waals surface area contributed by atoms with E-state index < -0.39 is 5.97 Å². The van der Waals surface area contributed by atoms with Crippen molar-refractivity contribution in [2.24, 2.45) is 0 Å². The maximum absolute atomic E-state index is 11.2. The van der Waals surface area contributed by atoms with Gasteiger partial charge >= 0.3 is 5.97 Å². The van der Waals surface area contributed by atoms with Crippen LogP contribution in [0.2, 0.25) is 5.02 Å². The summed E-state index contributed by atoms with van der Waals surface area (Å²) in [7, 11) is 1.29. The SMILES string of the molecule is COC(=O)c1cnc(Nc2ccc(Br)c(Cl)c2)cn1. The Morgan fingerprint density at radius 1 is 1.37 bits per heavy atom. The number of anilines is 2. The minimum Gasteiger partial charge on any atom is -0.464 e. The molecule has 0 amide bonds. The van der Waals surface area contributed by atoms with E-state index in [9.17, 15) is 4.79 Å². The fourth-order valence-electron chi connectivity index (χ4n) is 1.32. The van der Waals surface area contributed by atoms with Gasteiger partial charge in [-0.05, 0) is 34.1 Å². The van der Waals surface area contributed by atoms with Crippen molar-refractivity contribution in [3.8, 4) is 0 Å². The fourth-order valence-corrected chi connectivity index (χ4v) is 1.75. The molecule has 1 aromatic heterocycles. The van der Waals surface area contributed by atoms with Crippen molar-refractivity contribution in [3.63, 3.8) is 0 Å². The molecule has 0 aliphatic heterocycles. The topological polar surface area (TPSA) is 64.1 Å². The molecule has 98 valence electrons. The number of halogens is 2. The highest BCUT2D eigenvalue weighted by molar-refractivity contribution is 9.10. The van der Waals surface area contributed by atoms with Gasteiger partial charge in [0.25, 0.3) is 0 Å². The Kier molecular flexibility index (Phi) is 4.34. The Labute approximate surface area is 123 Å². The predicted molar refractivity (Wildman–Crippen MR) is 75.8 cm³/mol. The third-order valence-electron chi connectivity index (χ3n) is 2.24. The number of benzene rings is 1. The summed E-state index contributed by atoms with van der Waals surface area (Å²) < 4.78 is 5.35. The van der Waals surface area contributed by atoms with Gasteiger partial charge in [-0.2, -0.15) is 0 Å². The first-order valence-corrected chi connectivity index (χ1v) is 6.39. The summed E-state index contributed by atoms with van der Waals surface area (Å²) in [6.45, 7) is 0. The molecule has 0 bridgehead atoms. The number of nitrogens with zero attached hydrogens (tertiary/aromatic N) is 2. The summed E-state index contributed by atoms with van der Waals surface area (Å²) >= 11 is 9.29. The van der Waals surface area contributed by atoms with Crippen LogP contribution in [0.25, 0.3) is 0 Å². The van der Waals surface area contributed by atoms with Crippen LogP contribution in [0, 0.1) is 0 Å². The Hall–Kier alpha value is -1.66. The molecule has 19 heavy (non-hydrogen) atoms. The van der Waals surface area contributed by atoms with E-state index in [1.807, 2.05) is 12.1 Å². The number of hydrogen-bond donors (Lipinski definition) is 1. The van der Waals surface area contributed by atoms with Crippen molar-refractivity contribution in [2.75, 3.05) is 12.4 Å². The second-order valence-corrected chi connectivity index (χ2v) is 4.79. The molecule has 0 aliphatic rings. The van der Waals surface area contributed by atoms with Crippen molar-refractivity contribution >= 4 is 45.0 Å². The van der Waals surface area contributed by atoms with Crippen LogP contribution in [0.3, 0.4) is 0 Å². The van der Waals surface area contributed by atoms with Crippen molar-refractivity contribution in [3.05, 3.63) is 45.8 Å². The second kappa shape index (κ2) is 5.99. The highest BCUT2D eigenvalue weighted by Gasteiger charge is 2.07. The summed E-state index contributed by atoms with van der Waals surface area (Å²) in [6.07, 6.45) is 2.79. The summed E-state index contributed by atoms with van der Waals surface area (Å²) in [6, 6.07) is 5.41. The lowest BCUT2D eigenvalue weighted by Gasteiger charge is -2.06. The standard InChI is InChI=1S/C12H9BrClN3O2/c1-19-12(18)10-5-16-11(6-15-10)17-7-2-3-8(13)9(14)4-7/h2-6H,1H3,(H,16,17). The zero-order chi connectivity index (χ0) is 13.8. The van der Waals surface area contributed by atoms with Gasteiger partial charge in [-0.25, -0.2) is 14.8 Å². The van der Waals surface area contributed by atoms with Crippen LogP contribution in [0.5, 0.6) is 0 Å². The van der Waals surface area contributed by atoms with Crippen LogP contribution in [0.1, 0.15) is 10.5 Å². The summed E-state index contributed by atoms with van der Waals surface area (Å²) in [5.74, 6) is -0.0169. The molecule has 7 heteroatoms. The van der Waals surface area contributed by atoms with Gasteiger partial charge in [0.15, 0.2) is 5.69 Å². The number of aromatic nitrogens is 2. The van der Waals surface area contributed by atoms with E-state index in [-0.39, 0.29) is 5.69 Å². The summed E-state index contributed by atoms with van der Waals surface area (Å²) in [5.41, 5.74) is 0.926. The molecule has 0 saturated carbocycles. The van der Waals surface area contributed by atoms with Crippen molar-refractivity contribution < 1.29 is 9.53 Å². The number of rotatable bonds is 3. The average molecular weight is 343 g/mol. The molecule has 2 rings (SSSR count). The number of ether oxygens (including phenoxy) is 1. The Balaban J connectivity index is 2.15. The summed E-state index contributed by atoms with van der Waals surface area (Å²) in [4.78, 5) is 19.2. The van der Waals surface area contributed by atoms with Gasteiger partial charge in [0.2, 0.25) is 0 Å². The number of esters is 1. The molecular weight excluding hydrogens is 334 g/mol. The minimum atomic E-state index is -0.522. The number of nitrogens with one attached hydrogen (secondary N) is 1. The Morgan fingerprint density at radius 3 is 2.74 bits per heavy atom. The van der Waals surface area contributed by atoms with E-state index in [4.69, 9.17) is 11.6 Å². The Bertz CT molecular complexity index is 604. The fraction of sp³-hybridized carbons (Fsp3) is 0.0833. The maximum Gasteiger partial charge on any atom is 0.358 e. The van der Waals surface area contributed by atoms with Gasteiger partial charge in [0, 0.05) is 10.2 Å². The largest absolute Gasteiger partial charge is 0.464 e. The van der Waals surface area contributed by atoms with Crippen LogP contribution in [0.4, 0.5) is 11.5 Å². The maximum atomic E-state index is 11.2. The number of carbonyl (C=O) groups is 1. The lowest BCUT2D eigenvalue weighted by atomic mass is 10.3. The normalized spacial score (nSPS) is 10.1. The number of methoxy groups -OCH3 is 1. The van der Waals surface area contributed by atoms with Crippen LogP contribution in [-0.4, -0.2) is 23.0 Å². The molecule has 5 nitrogen and oxygen atoms in total. The first-order valence-electron chi connectivity index (χ1n) is 5.22. The molecule has 0 spiro atoms. The lowest BCUT2D eigenvalue weighted by molar-refractivity contribution is 0.0593. The molecule has 0 unspecified atom stereocenters. The molecule has 0 aliphatic carbocycles. The third-order valence-corrected chi connectivity index (χ3v) is 3.47.